The van der Waals surface area contributed by atoms with Crippen LogP contribution in [-0.4, -0.2) is 41.5 Å². The molecule has 1 aromatic heterocycles. The van der Waals surface area contributed by atoms with Gasteiger partial charge in [-0.3, -0.25) is 14.5 Å². The first-order chi connectivity index (χ1) is 11.8. The molecule has 2 aromatic rings. The zero-order valence-electron chi connectivity index (χ0n) is 14.6. The van der Waals surface area contributed by atoms with Gasteiger partial charge in [-0.15, -0.1) is 0 Å². The first kappa shape index (κ1) is 19.1. The smallest absolute Gasteiger partial charge is 0.241 e. The van der Waals surface area contributed by atoms with E-state index in [1.54, 1.807) is 31.9 Å². The third-order valence-corrected chi connectivity index (χ3v) is 4.37. The summed E-state index contributed by atoms with van der Waals surface area (Å²) in [5, 5.41) is 9.19. The Morgan fingerprint density at radius 2 is 2.00 bits per heavy atom. The van der Waals surface area contributed by atoms with Crippen LogP contribution in [0.5, 0.6) is 0 Å². The van der Waals surface area contributed by atoms with Gasteiger partial charge in [0.1, 0.15) is 5.76 Å². The second-order valence-electron chi connectivity index (χ2n) is 5.93. The Labute approximate surface area is 154 Å². The molecule has 0 radical (unpaired) electrons. The van der Waals surface area contributed by atoms with Gasteiger partial charge < -0.3 is 15.2 Å². The van der Waals surface area contributed by atoms with E-state index in [9.17, 15) is 9.59 Å². The number of amides is 2. The molecule has 0 saturated carbocycles. The number of carbonyl (C=O) groups is 2. The molecular weight excluding hydrogens is 388 g/mol. The highest BCUT2D eigenvalue weighted by molar-refractivity contribution is 9.10. The fourth-order valence-electron chi connectivity index (χ4n) is 2.13. The SMILES string of the molecule is Cc1ccc(NC(=O)C(C)N(C)CC(=O)Nc2cc(C)on2)c(Br)c1. The standard InChI is InChI=1S/C17H21BrN4O3/c1-10-5-6-14(13(18)7-10)19-17(24)12(3)22(4)9-16(23)20-15-8-11(2)25-21-15/h5-8,12H,9H2,1-4H3,(H,19,24)(H,20,21,23). The molecule has 0 fully saturated rings. The van der Waals surface area contributed by atoms with E-state index in [-0.39, 0.29) is 18.4 Å². The van der Waals surface area contributed by atoms with Crippen LogP contribution in [-0.2, 0) is 9.59 Å². The summed E-state index contributed by atoms with van der Waals surface area (Å²) in [4.78, 5) is 26.1. The molecule has 0 aliphatic carbocycles. The highest BCUT2D eigenvalue weighted by Crippen LogP contribution is 2.23. The first-order valence-corrected chi connectivity index (χ1v) is 8.56. The van der Waals surface area contributed by atoms with Gasteiger partial charge in [-0.05, 0) is 61.4 Å². The number of halogens is 1. The van der Waals surface area contributed by atoms with Crippen LogP contribution >= 0.6 is 15.9 Å². The lowest BCUT2D eigenvalue weighted by Gasteiger charge is -2.23. The predicted octanol–water partition coefficient (Wildman–Crippen LogP) is 2.95. The lowest BCUT2D eigenvalue weighted by molar-refractivity contribution is -0.122. The lowest BCUT2D eigenvalue weighted by Crippen LogP contribution is -2.43. The van der Waals surface area contributed by atoms with E-state index in [4.69, 9.17) is 4.52 Å². The highest BCUT2D eigenvalue weighted by atomic mass is 79.9. The number of rotatable bonds is 6. The van der Waals surface area contributed by atoms with E-state index in [0.717, 1.165) is 10.0 Å². The number of nitrogens with zero attached hydrogens (tertiary/aromatic N) is 2. The average Bonchev–Trinajstić information content (AvgIpc) is 2.93. The van der Waals surface area contributed by atoms with Crippen LogP contribution in [0.15, 0.2) is 33.3 Å². The van der Waals surface area contributed by atoms with Crippen molar-refractivity contribution >= 4 is 39.2 Å². The fraction of sp³-hybridized carbons (Fsp3) is 0.353. The number of likely N-dealkylation sites (N-methyl/N-ethyl adjacent to an activating group) is 1. The third-order valence-electron chi connectivity index (χ3n) is 3.71. The molecule has 2 amide bonds. The number of hydrogen-bond donors (Lipinski definition) is 2. The molecule has 2 rings (SSSR count). The summed E-state index contributed by atoms with van der Waals surface area (Å²) in [6.07, 6.45) is 0. The fourth-order valence-corrected chi connectivity index (χ4v) is 2.72. The van der Waals surface area contributed by atoms with E-state index in [2.05, 4.69) is 31.7 Å². The van der Waals surface area contributed by atoms with Crippen LogP contribution < -0.4 is 10.6 Å². The van der Waals surface area contributed by atoms with Gasteiger partial charge in [0.25, 0.3) is 0 Å². The molecule has 134 valence electrons. The minimum atomic E-state index is -0.488. The number of carbonyl (C=O) groups excluding carboxylic acids is 2. The van der Waals surface area contributed by atoms with Crippen molar-refractivity contribution in [2.45, 2.75) is 26.8 Å². The minimum absolute atomic E-state index is 0.0512. The molecule has 8 heteroatoms. The Balaban J connectivity index is 1.90. The van der Waals surface area contributed by atoms with Crippen LogP contribution in [0.4, 0.5) is 11.5 Å². The molecule has 1 atom stereocenters. The molecule has 7 nitrogen and oxygen atoms in total. The summed E-state index contributed by atoms with van der Waals surface area (Å²) in [7, 11) is 1.71. The minimum Gasteiger partial charge on any atom is -0.360 e. The second kappa shape index (κ2) is 8.26. The molecule has 0 spiro atoms. The molecular formula is C17H21BrN4O3. The predicted molar refractivity (Wildman–Crippen MR) is 99.5 cm³/mol. The van der Waals surface area contributed by atoms with Gasteiger partial charge in [0.15, 0.2) is 5.82 Å². The van der Waals surface area contributed by atoms with Crippen LogP contribution in [0.25, 0.3) is 0 Å². The van der Waals surface area contributed by atoms with Gasteiger partial charge >= 0.3 is 0 Å². The van der Waals surface area contributed by atoms with Crippen molar-refractivity contribution in [2.24, 2.45) is 0 Å². The Morgan fingerprint density at radius 3 is 2.60 bits per heavy atom. The van der Waals surface area contributed by atoms with Gasteiger partial charge in [-0.25, -0.2) is 0 Å². The van der Waals surface area contributed by atoms with E-state index < -0.39 is 6.04 Å². The Morgan fingerprint density at radius 1 is 1.28 bits per heavy atom. The second-order valence-corrected chi connectivity index (χ2v) is 6.79. The van der Waals surface area contributed by atoms with Gasteiger partial charge in [-0.1, -0.05) is 11.2 Å². The summed E-state index contributed by atoms with van der Waals surface area (Å²) in [6.45, 7) is 5.51. The molecule has 0 saturated heterocycles. The van der Waals surface area contributed by atoms with E-state index in [0.29, 0.717) is 17.3 Å². The van der Waals surface area contributed by atoms with Crippen molar-refractivity contribution in [2.75, 3.05) is 24.2 Å². The highest BCUT2D eigenvalue weighted by Gasteiger charge is 2.21. The monoisotopic (exact) mass is 408 g/mol. The van der Waals surface area contributed by atoms with E-state index in [1.807, 2.05) is 25.1 Å². The molecule has 1 aromatic carbocycles. The van der Waals surface area contributed by atoms with E-state index in [1.165, 1.54) is 0 Å². The zero-order valence-corrected chi connectivity index (χ0v) is 16.2. The van der Waals surface area contributed by atoms with Crippen molar-refractivity contribution in [1.29, 1.82) is 0 Å². The van der Waals surface area contributed by atoms with E-state index >= 15 is 0 Å². The number of benzene rings is 1. The van der Waals surface area contributed by atoms with Crippen LogP contribution in [0.3, 0.4) is 0 Å². The summed E-state index contributed by atoms with van der Waals surface area (Å²) in [5.74, 6) is 0.501. The number of nitrogens with one attached hydrogen (secondary N) is 2. The Hall–Kier alpha value is -2.19. The summed E-state index contributed by atoms with van der Waals surface area (Å²) in [5.41, 5.74) is 1.79. The van der Waals surface area contributed by atoms with Gasteiger partial charge in [-0.2, -0.15) is 0 Å². The number of anilines is 2. The molecule has 1 heterocycles. The van der Waals surface area contributed by atoms with Gasteiger partial charge in [0.2, 0.25) is 11.8 Å². The number of aromatic nitrogens is 1. The Kier molecular flexibility index (Phi) is 6.33. The lowest BCUT2D eigenvalue weighted by atomic mass is 10.2. The maximum atomic E-state index is 12.4. The Bertz CT molecular complexity index is 775. The van der Waals surface area contributed by atoms with Crippen molar-refractivity contribution in [3.8, 4) is 0 Å². The quantitative estimate of drug-likeness (QED) is 0.766. The topological polar surface area (TPSA) is 87.5 Å². The zero-order chi connectivity index (χ0) is 18.6. The average molecular weight is 409 g/mol. The number of aryl methyl sites for hydroxylation is 2. The van der Waals surface area contributed by atoms with Crippen molar-refractivity contribution in [3.63, 3.8) is 0 Å². The summed E-state index contributed by atoms with van der Waals surface area (Å²) >= 11 is 3.43. The molecule has 25 heavy (non-hydrogen) atoms. The normalized spacial score (nSPS) is 12.1. The maximum absolute atomic E-state index is 12.4. The summed E-state index contributed by atoms with van der Waals surface area (Å²) < 4.78 is 5.71. The first-order valence-electron chi connectivity index (χ1n) is 7.76. The van der Waals surface area contributed by atoms with Crippen LogP contribution in [0.2, 0.25) is 0 Å². The molecule has 0 aliphatic heterocycles. The maximum Gasteiger partial charge on any atom is 0.241 e. The molecule has 2 N–H and O–H groups in total. The van der Waals surface area contributed by atoms with Crippen LogP contribution in [0, 0.1) is 13.8 Å². The van der Waals surface area contributed by atoms with Gasteiger partial charge in [0, 0.05) is 10.5 Å². The third kappa shape index (κ3) is 5.40. The largest absolute Gasteiger partial charge is 0.360 e. The van der Waals surface area contributed by atoms with Gasteiger partial charge in [0.05, 0.1) is 18.3 Å². The number of hydrogen-bond acceptors (Lipinski definition) is 5. The van der Waals surface area contributed by atoms with Crippen molar-refractivity contribution in [1.82, 2.24) is 10.1 Å². The molecule has 0 bridgehead atoms. The summed E-state index contributed by atoms with van der Waals surface area (Å²) in [6, 6.07) is 6.82. The van der Waals surface area contributed by atoms with Crippen molar-refractivity contribution < 1.29 is 14.1 Å². The molecule has 1 unspecified atom stereocenters. The molecule has 0 aliphatic rings. The van der Waals surface area contributed by atoms with Crippen molar-refractivity contribution in [3.05, 3.63) is 40.1 Å². The van der Waals surface area contributed by atoms with Crippen LogP contribution in [0.1, 0.15) is 18.2 Å².